The summed E-state index contributed by atoms with van der Waals surface area (Å²) in [6.45, 7) is 5.89. The van der Waals surface area contributed by atoms with Crippen molar-refractivity contribution in [1.29, 1.82) is 0 Å². The first kappa shape index (κ1) is 16.3. The van der Waals surface area contributed by atoms with Crippen molar-refractivity contribution in [2.24, 2.45) is 0 Å². The van der Waals surface area contributed by atoms with E-state index in [1.807, 2.05) is 26.0 Å². The van der Waals surface area contributed by atoms with Crippen molar-refractivity contribution in [3.05, 3.63) is 51.4 Å². The number of benzene rings is 1. The van der Waals surface area contributed by atoms with Crippen LogP contribution in [-0.4, -0.2) is 12.6 Å². The zero-order chi connectivity index (χ0) is 17.3. The first-order valence-electron chi connectivity index (χ1n) is 8.05. The molecule has 1 unspecified atom stereocenters. The Morgan fingerprint density at radius 1 is 1.38 bits per heavy atom. The number of carbonyl (C=O) groups excluding carboxylic acids is 1. The normalized spacial score (nSPS) is 15.7. The highest BCUT2D eigenvalue weighted by Crippen LogP contribution is 2.39. The highest BCUT2D eigenvalue weighted by atomic mass is 16.6. The molecule has 5 heteroatoms. The Labute approximate surface area is 139 Å². The maximum absolute atomic E-state index is 12.3. The molecule has 0 radical (unpaired) electrons. The monoisotopic (exact) mass is 328 g/mol. The molecule has 2 heterocycles. The molecule has 1 aromatic heterocycles. The Balaban J connectivity index is 2.16. The van der Waals surface area contributed by atoms with Crippen LogP contribution < -0.4 is 10.4 Å². The minimum Gasteiger partial charge on any atom is -0.488 e. The molecule has 0 fully saturated rings. The highest BCUT2D eigenvalue weighted by Gasteiger charge is 2.29. The van der Waals surface area contributed by atoms with Gasteiger partial charge in [0.1, 0.15) is 17.9 Å². The Hall–Kier alpha value is -2.56. The number of hydrogen-bond acceptors (Lipinski definition) is 5. The molecule has 2 aromatic rings. The van der Waals surface area contributed by atoms with Gasteiger partial charge >= 0.3 is 11.6 Å². The third kappa shape index (κ3) is 2.94. The topological polar surface area (TPSA) is 65.7 Å². The molecule has 1 atom stereocenters. The average Bonchev–Trinajstić information content (AvgIpc) is 2.56. The summed E-state index contributed by atoms with van der Waals surface area (Å²) < 4.78 is 16.7. The molecule has 0 N–H and O–H groups in total. The second kappa shape index (κ2) is 6.51. The van der Waals surface area contributed by atoms with Crippen LogP contribution >= 0.6 is 0 Å². The van der Waals surface area contributed by atoms with E-state index in [1.54, 1.807) is 19.1 Å². The fourth-order valence-corrected chi connectivity index (χ4v) is 2.78. The van der Waals surface area contributed by atoms with Gasteiger partial charge in [-0.25, -0.2) is 4.79 Å². The molecular weight excluding hydrogens is 308 g/mol. The van der Waals surface area contributed by atoms with Crippen molar-refractivity contribution in [3.8, 4) is 5.75 Å². The van der Waals surface area contributed by atoms with Crippen molar-refractivity contribution in [2.45, 2.75) is 39.7 Å². The van der Waals surface area contributed by atoms with Crippen molar-refractivity contribution in [3.63, 3.8) is 0 Å². The summed E-state index contributed by atoms with van der Waals surface area (Å²) in [4.78, 5) is 24.0. The minimum absolute atomic E-state index is 0.198. The van der Waals surface area contributed by atoms with Crippen LogP contribution in [-0.2, 0) is 16.0 Å². The number of allylic oxidation sites excluding steroid dienone is 2. The average molecular weight is 328 g/mol. The first-order chi connectivity index (χ1) is 11.5. The fraction of sp³-hybridized carbons (Fsp3) is 0.368. The van der Waals surface area contributed by atoms with Crippen LogP contribution in [0.4, 0.5) is 0 Å². The molecule has 3 rings (SSSR count). The Bertz CT molecular complexity index is 871. The standard InChI is InChI=1S/C19H20O5/c1-4-16(20)23-15-10-22-18-13(9-8-11(2)3)19(21)24-14-7-5-6-12(15)17(14)18/h5-8,15H,4,9-10H2,1-3H3. The summed E-state index contributed by atoms with van der Waals surface area (Å²) in [7, 11) is 0. The van der Waals surface area contributed by atoms with E-state index >= 15 is 0 Å². The summed E-state index contributed by atoms with van der Waals surface area (Å²) in [5.41, 5.74) is 2.48. The lowest BCUT2D eigenvalue weighted by molar-refractivity contribution is -0.150. The van der Waals surface area contributed by atoms with Crippen LogP contribution in [0.3, 0.4) is 0 Å². The van der Waals surface area contributed by atoms with Crippen LogP contribution in [0, 0.1) is 0 Å². The molecule has 1 aliphatic rings. The van der Waals surface area contributed by atoms with Crippen LogP contribution in [0.15, 0.2) is 39.1 Å². The van der Waals surface area contributed by atoms with E-state index in [1.165, 1.54) is 0 Å². The van der Waals surface area contributed by atoms with Crippen LogP contribution in [0.1, 0.15) is 44.4 Å². The summed E-state index contributed by atoms with van der Waals surface area (Å²) in [5, 5.41) is 0.717. The maximum Gasteiger partial charge on any atom is 0.343 e. The largest absolute Gasteiger partial charge is 0.488 e. The smallest absolute Gasteiger partial charge is 0.343 e. The molecular formula is C19H20O5. The number of ether oxygens (including phenoxy) is 2. The Kier molecular flexibility index (Phi) is 4.42. The van der Waals surface area contributed by atoms with Gasteiger partial charge in [0.15, 0.2) is 6.10 Å². The molecule has 0 saturated heterocycles. The van der Waals surface area contributed by atoms with Crippen molar-refractivity contribution in [1.82, 2.24) is 0 Å². The van der Waals surface area contributed by atoms with Gasteiger partial charge in [-0.3, -0.25) is 4.79 Å². The van der Waals surface area contributed by atoms with E-state index in [4.69, 9.17) is 13.9 Å². The summed E-state index contributed by atoms with van der Waals surface area (Å²) >= 11 is 0. The van der Waals surface area contributed by atoms with Gasteiger partial charge in [0, 0.05) is 18.4 Å². The fourth-order valence-electron chi connectivity index (χ4n) is 2.78. The zero-order valence-electron chi connectivity index (χ0n) is 14.0. The highest BCUT2D eigenvalue weighted by molar-refractivity contribution is 5.89. The van der Waals surface area contributed by atoms with Gasteiger partial charge < -0.3 is 13.9 Å². The lowest BCUT2D eigenvalue weighted by Gasteiger charge is -2.26. The van der Waals surface area contributed by atoms with E-state index in [-0.39, 0.29) is 12.6 Å². The van der Waals surface area contributed by atoms with Crippen molar-refractivity contribution in [2.75, 3.05) is 6.61 Å². The SMILES string of the molecule is CCC(=O)OC1COc2c(CC=C(C)C)c(=O)oc3cccc1c23. The molecule has 1 aliphatic heterocycles. The van der Waals surface area contributed by atoms with E-state index < -0.39 is 11.7 Å². The van der Waals surface area contributed by atoms with Crippen molar-refractivity contribution >= 4 is 16.9 Å². The lowest BCUT2D eigenvalue weighted by Crippen LogP contribution is -2.23. The third-order valence-electron chi connectivity index (χ3n) is 4.01. The second-order valence-electron chi connectivity index (χ2n) is 6.05. The second-order valence-corrected chi connectivity index (χ2v) is 6.05. The molecule has 24 heavy (non-hydrogen) atoms. The predicted molar refractivity (Wildman–Crippen MR) is 90.2 cm³/mol. The first-order valence-corrected chi connectivity index (χ1v) is 8.05. The molecule has 5 nitrogen and oxygen atoms in total. The third-order valence-corrected chi connectivity index (χ3v) is 4.01. The zero-order valence-corrected chi connectivity index (χ0v) is 14.0. The molecule has 0 aliphatic carbocycles. The van der Waals surface area contributed by atoms with Gasteiger partial charge in [-0.15, -0.1) is 0 Å². The maximum atomic E-state index is 12.3. The van der Waals surface area contributed by atoms with Crippen LogP contribution in [0.25, 0.3) is 11.0 Å². The Morgan fingerprint density at radius 3 is 2.88 bits per heavy atom. The summed E-state index contributed by atoms with van der Waals surface area (Å²) in [6, 6.07) is 5.40. The van der Waals surface area contributed by atoms with Gasteiger partial charge in [0.25, 0.3) is 0 Å². The van der Waals surface area contributed by atoms with Crippen LogP contribution in [0.5, 0.6) is 5.75 Å². The van der Waals surface area contributed by atoms with Gasteiger partial charge in [0.05, 0.1) is 10.9 Å². The molecule has 126 valence electrons. The summed E-state index contributed by atoms with van der Waals surface area (Å²) in [5.74, 6) is 0.254. The molecule has 0 amide bonds. The Morgan fingerprint density at radius 2 is 2.17 bits per heavy atom. The quantitative estimate of drug-likeness (QED) is 0.486. The number of carbonyl (C=O) groups is 1. The molecule has 1 aromatic carbocycles. The van der Waals surface area contributed by atoms with E-state index in [0.29, 0.717) is 29.7 Å². The molecule has 0 saturated carbocycles. The minimum atomic E-state index is -0.488. The van der Waals surface area contributed by atoms with E-state index in [9.17, 15) is 9.59 Å². The number of esters is 1. The number of hydrogen-bond donors (Lipinski definition) is 0. The lowest BCUT2D eigenvalue weighted by atomic mass is 9.98. The van der Waals surface area contributed by atoms with E-state index in [2.05, 4.69) is 0 Å². The van der Waals surface area contributed by atoms with E-state index in [0.717, 1.165) is 16.5 Å². The van der Waals surface area contributed by atoms with Crippen molar-refractivity contribution < 1.29 is 18.7 Å². The molecule has 0 bridgehead atoms. The van der Waals surface area contributed by atoms with Gasteiger partial charge in [0.2, 0.25) is 0 Å². The van der Waals surface area contributed by atoms with Gasteiger partial charge in [-0.05, 0) is 19.9 Å². The van der Waals surface area contributed by atoms with Gasteiger partial charge in [-0.1, -0.05) is 30.7 Å². The molecule has 0 spiro atoms. The van der Waals surface area contributed by atoms with Crippen LogP contribution in [0.2, 0.25) is 0 Å². The summed E-state index contributed by atoms with van der Waals surface area (Å²) in [6.07, 6.45) is 2.22. The number of rotatable bonds is 4. The predicted octanol–water partition coefficient (Wildman–Crippen LogP) is 3.69. The van der Waals surface area contributed by atoms with Gasteiger partial charge in [-0.2, -0.15) is 0 Å².